The number of nitriles is 1. The Morgan fingerprint density at radius 3 is 2.73 bits per heavy atom. The maximum absolute atomic E-state index is 9.90. The number of rotatable bonds is 3. The molecule has 0 saturated heterocycles. The first kappa shape index (κ1) is 16.4. The first-order valence-electron chi connectivity index (χ1n) is 8.35. The van der Waals surface area contributed by atoms with E-state index < -0.39 is 0 Å². The standard InChI is InChI=1S/C19H19N5O2/c1-19(2)8-14-15(9-20)17(22-12-4-6-13(25-3)7-5-12)24-11-21-23-18(24)16(14)10-26-19/h4-7,11,22H,8,10H2,1-3H3. The van der Waals surface area contributed by atoms with Gasteiger partial charge < -0.3 is 14.8 Å². The summed E-state index contributed by atoms with van der Waals surface area (Å²) < 4.78 is 12.9. The lowest BCUT2D eigenvalue weighted by Gasteiger charge is -2.33. The summed E-state index contributed by atoms with van der Waals surface area (Å²) in [4.78, 5) is 0. The van der Waals surface area contributed by atoms with Gasteiger partial charge in [0.05, 0.1) is 24.9 Å². The molecule has 1 N–H and O–H groups in total. The minimum Gasteiger partial charge on any atom is -0.497 e. The molecule has 0 unspecified atom stereocenters. The van der Waals surface area contributed by atoms with Crippen LogP contribution in [-0.4, -0.2) is 27.3 Å². The van der Waals surface area contributed by atoms with E-state index in [1.165, 1.54) is 0 Å². The molecule has 132 valence electrons. The molecule has 1 aliphatic rings. The molecule has 0 saturated carbocycles. The van der Waals surface area contributed by atoms with E-state index in [1.54, 1.807) is 13.4 Å². The number of aromatic nitrogens is 3. The van der Waals surface area contributed by atoms with Gasteiger partial charge in [0.2, 0.25) is 0 Å². The Balaban J connectivity index is 1.88. The SMILES string of the molecule is COc1ccc(Nc2c(C#N)c3c(c4nncn24)COC(C)(C)C3)cc1. The van der Waals surface area contributed by atoms with E-state index in [1.807, 2.05) is 42.5 Å². The Hall–Kier alpha value is -3.11. The van der Waals surface area contributed by atoms with Crippen LogP contribution in [0.25, 0.3) is 5.65 Å². The van der Waals surface area contributed by atoms with E-state index in [0.29, 0.717) is 30.1 Å². The van der Waals surface area contributed by atoms with Crippen molar-refractivity contribution >= 4 is 17.2 Å². The second kappa shape index (κ2) is 6.00. The van der Waals surface area contributed by atoms with Crippen molar-refractivity contribution in [1.29, 1.82) is 5.26 Å². The molecule has 1 aliphatic heterocycles. The van der Waals surface area contributed by atoms with Gasteiger partial charge in [0.25, 0.3) is 0 Å². The average Bonchev–Trinajstić information content (AvgIpc) is 3.11. The van der Waals surface area contributed by atoms with E-state index in [9.17, 15) is 5.26 Å². The summed E-state index contributed by atoms with van der Waals surface area (Å²) >= 11 is 0. The summed E-state index contributed by atoms with van der Waals surface area (Å²) in [5, 5.41) is 21.5. The van der Waals surface area contributed by atoms with Crippen molar-refractivity contribution in [3.05, 3.63) is 47.3 Å². The molecule has 3 aromatic rings. The minimum absolute atomic E-state index is 0.325. The van der Waals surface area contributed by atoms with E-state index in [4.69, 9.17) is 9.47 Å². The second-order valence-electron chi connectivity index (χ2n) is 6.90. The van der Waals surface area contributed by atoms with Crippen LogP contribution in [0.3, 0.4) is 0 Å². The molecule has 7 nitrogen and oxygen atoms in total. The maximum atomic E-state index is 9.90. The largest absolute Gasteiger partial charge is 0.497 e. The van der Waals surface area contributed by atoms with Gasteiger partial charge in [0, 0.05) is 17.7 Å². The first-order chi connectivity index (χ1) is 12.5. The number of hydrogen-bond acceptors (Lipinski definition) is 6. The van der Waals surface area contributed by atoms with Crippen molar-refractivity contribution in [3.63, 3.8) is 0 Å². The predicted octanol–water partition coefficient (Wildman–Crippen LogP) is 3.20. The van der Waals surface area contributed by atoms with Crippen LogP contribution >= 0.6 is 0 Å². The van der Waals surface area contributed by atoms with E-state index >= 15 is 0 Å². The number of methoxy groups -OCH3 is 1. The van der Waals surface area contributed by atoms with Gasteiger partial charge in [-0.1, -0.05) is 0 Å². The van der Waals surface area contributed by atoms with Gasteiger partial charge in [0.1, 0.15) is 24.0 Å². The van der Waals surface area contributed by atoms with Gasteiger partial charge in [-0.15, -0.1) is 10.2 Å². The first-order valence-corrected chi connectivity index (χ1v) is 8.35. The molecule has 7 heteroatoms. The van der Waals surface area contributed by atoms with Gasteiger partial charge in [0.15, 0.2) is 5.65 Å². The number of nitrogens with zero attached hydrogens (tertiary/aromatic N) is 4. The molecule has 0 aliphatic carbocycles. The summed E-state index contributed by atoms with van der Waals surface area (Å²) in [6, 6.07) is 9.91. The van der Waals surface area contributed by atoms with Gasteiger partial charge in [-0.3, -0.25) is 4.40 Å². The number of anilines is 2. The zero-order chi connectivity index (χ0) is 18.3. The summed E-state index contributed by atoms with van der Waals surface area (Å²) in [5.41, 5.74) is 3.74. The number of nitrogens with one attached hydrogen (secondary N) is 1. The Morgan fingerprint density at radius 2 is 2.04 bits per heavy atom. The van der Waals surface area contributed by atoms with Crippen molar-refractivity contribution < 1.29 is 9.47 Å². The second-order valence-corrected chi connectivity index (χ2v) is 6.90. The average molecular weight is 349 g/mol. The fourth-order valence-corrected chi connectivity index (χ4v) is 3.30. The van der Waals surface area contributed by atoms with Crippen LogP contribution in [-0.2, 0) is 17.8 Å². The third kappa shape index (κ3) is 2.65. The van der Waals surface area contributed by atoms with Crippen LogP contribution in [0.5, 0.6) is 5.75 Å². The maximum Gasteiger partial charge on any atom is 0.168 e. The van der Waals surface area contributed by atoms with Gasteiger partial charge in [-0.25, -0.2) is 0 Å². The Bertz CT molecular complexity index is 1020. The van der Waals surface area contributed by atoms with E-state index in [2.05, 4.69) is 21.6 Å². The number of benzene rings is 1. The minimum atomic E-state index is -0.325. The van der Waals surface area contributed by atoms with Gasteiger partial charge >= 0.3 is 0 Å². The van der Waals surface area contributed by atoms with Crippen molar-refractivity contribution in [2.75, 3.05) is 12.4 Å². The highest BCUT2D eigenvalue weighted by Crippen LogP contribution is 2.36. The Morgan fingerprint density at radius 1 is 1.27 bits per heavy atom. The normalized spacial score (nSPS) is 15.3. The predicted molar refractivity (Wildman–Crippen MR) is 96.6 cm³/mol. The summed E-state index contributed by atoms with van der Waals surface area (Å²) in [6.45, 7) is 4.48. The molecular formula is C19H19N5O2. The quantitative estimate of drug-likeness (QED) is 0.782. The van der Waals surface area contributed by atoms with Crippen LogP contribution in [0.2, 0.25) is 0 Å². The van der Waals surface area contributed by atoms with Crippen molar-refractivity contribution in [2.24, 2.45) is 0 Å². The molecule has 0 amide bonds. The van der Waals surface area contributed by atoms with Crippen molar-refractivity contribution in [3.8, 4) is 11.8 Å². The molecule has 3 heterocycles. The van der Waals surface area contributed by atoms with Crippen LogP contribution in [0.15, 0.2) is 30.6 Å². The number of hydrogen-bond donors (Lipinski definition) is 1. The lowest BCUT2D eigenvalue weighted by Crippen LogP contribution is -2.33. The fourth-order valence-electron chi connectivity index (χ4n) is 3.30. The zero-order valence-corrected chi connectivity index (χ0v) is 14.9. The number of pyridine rings is 1. The molecule has 0 radical (unpaired) electrons. The monoisotopic (exact) mass is 349 g/mol. The fraction of sp³-hybridized carbons (Fsp3) is 0.316. The van der Waals surface area contributed by atoms with Gasteiger partial charge in [-0.05, 0) is 43.7 Å². The summed E-state index contributed by atoms with van der Waals surface area (Å²) in [7, 11) is 1.63. The molecule has 0 atom stereocenters. The highest BCUT2D eigenvalue weighted by Gasteiger charge is 2.32. The lowest BCUT2D eigenvalue weighted by atomic mass is 9.89. The molecular weight excluding hydrogens is 330 g/mol. The summed E-state index contributed by atoms with van der Waals surface area (Å²) in [6.07, 6.45) is 2.26. The summed E-state index contributed by atoms with van der Waals surface area (Å²) in [5.74, 6) is 1.43. The van der Waals surface area contributed by atoms with E-state index in [-0.39, 0.29) is 5.60 Å². The molecule has 26 heavy (non-hydrogen) atoms. The van der Waals surface area contributed by atoms with E-state index in [0.717, 1.165) is 22.6 Å². The van der Waals surface area contributed by atoms with Crippen LogP contribution in [0, 0.1) is 11.3 Å². The molecule has 0 fully saturated rings. The lowest BCUT2D eigenvalue weighted by molar-refractivity contribution is -0.0397. The topological polar surface area (TPSA) is 84.5 Å². The van der Waals surface area contributed by atoms with Crippen molar-refractivity contribution in [2.45, 2.75) is 32.5 Å². The highest BCUT2D eigenvalue weighted by atomic mass is 16.5. The number of ether oxygens (including phenoxy) is 2. The zero-order valence-electron chi connectivity index (χ0n) is 14.9. The third-order valence-corrected chi connectivity index (χ3v) is 4.64. The van der Waals surface area contributed by atoms with Crippen LogP contribution < -0.4 is 10.1 Å². The van der Waals surface area contributed by atoms with Gasteiger partial charge in [-0.2, -0.15) is 5.26 Å². The number of fused-ring (bicyclic) bond motifs is 3. The van der Waals surface area contributed by atoms with Crippen molar-refractivity contribution in [1.82, 2.24) is 14.6 Å². The Kier molecular flexibility index (Phi) is 3.78. The van der Waals surface area contributed by atoms with Crippen LogP contribution in [0.4, 0.5) is 11.5 Å². The molecule has 0 bridgehead atoms. The molecule has 2 aromatic heterocycles. The molecule has 4 rings (SSSR count). The molecule has 0 spiro atoms. The van der Waals surface area contributed by atoms with Crippen LogP contribution in [0.1, 0.15) is 30.5 Å². The Labute approximate surface area is 151 Å². The highest BCUT2D eigenvalue weighted by molar-refractivity contribution is 5.72. The smallest absolute Gasteiger partial charge is 0.168 e. The molecule has 1 aromatic carbocycles. The third-order valence-electron chi connectivity index (χ3n) is 4.64.